The van der Waals surface area contributed by atoms with E-state index < -0.39 is 0 Å². The number of halogens is 1. The smallest absolute Gasteiger partial charge is 0.233 e. The number of likely N-dealkylation sites (tertiary alicyclic amines) is 1. The second-order valence-corrected chi connectivity index (χ2v) is 7.74. The summed E-state index contributed by atoms with van der Waals surface area (Å²) in [5.74, 6) is -1.04. The van der Waals surface area contributed by atoms with Gasteiger partial charge in [-0.3, -0.25) is 14.5 Å². The molecule has 4 rings (SSSR count). The number of thiazole rings is 1. The van der Waals surface area contributed by atoms with Crippen LogP contribution >= 0.6 is 11.3 Å². The number of carbonyl (C=O) groups excluding carboxylic acids is 2. The SMILES string of the molecule is Cc1ccc2sc(CN3C(=O)CC(Cc4ccc(F)cc4)C3=O)nc2c1. The van der Waals surface area contributed by atoms with Gasteiger partial charge in [0.05, 0.1) is 22.7 Å². The first-order chi connectivity index (χ1) is 12.5. The van der Waals surface area contributed by atoms with Crippen LogP contribution in [0.15, 0.2) is 42.5 Å². The van der Waals surface area contributed by atoms with Gasteiger partial charge in [-0.2, -0.15) is 0 Å². The van der Waals surface area contributed by atoms with Gasteiger partial charge in [-0.1, -0.05) is 18.2 Å². The zero-order valence-corrected chi connectivity index (χ0v) is 15.1. The molecule has 1 aromatic heterocycles. The van der Waals surface area contributed by atoms with Gasteiger partial charge in [0.15, 0.2) is 0 Å². The van der Waals surface area contributed by atoms with Crippen LogP contribution in [0.1, 0.15) is 22.6 Å². The highest BCUT2D eigenvalue weighted by molar-refractivity contribution is 7.18. The Kier molecular flexibility index (Phi) is 4.28. The minimum atomic E-state index is -0.385. The van der Waals surface area contributed by atoms with Gasteiger partial charge in [-0.25, -0.2) is 9.37 Å². The van der Waals surface area contributed by atoms with E-state index in [0.717, 1.165) is 26.4 Å². The van der Waals surface area contributed by atoms with Gasteiger partial charge in [0.2, 0.25) is 11.8 Å². The molecule has 1 unspecified atom stereocenters. The number of rotatable bonds is 4. The molecule has 26 heavy (non-hydrogen) atoms. The lowest BCUT2D eigenvalue weighted by molar-refractivity contribution is -0.140. The van der Waals surface area contributed by atoms with Crippen molar-refractivity contribution < 1.29 is 14.0 Å². The van der Waals surface area contributed by atoms with Gasteiger partial charge in [-0.05, 0) is 48.7 Å². The molecule has 2 heterocycles. The molecule has 1 atom stereocenters. The van der Waals surface area contributed by atoms with E-state index in [1.54, 1.807) is 12.1 Å². The molecule has 6 heteroatoms. The van der Waals surface area contributed by atoms with Crippen molar-refractivity contribution in [1.29, 1.82) is 0 Å². The second kappa shape index (κ2) is 6.61. The van der Waals surface area contributed by atoms with Gasteiger partial charge in [0.1, 0.15) is 10.8 Å². The molecule has 3 aromatic rings. The highest BCUT2D eigenvalue weighted by Crippen LogP contribution is 2.28. The topological polar surface area (TPSA) is 50.3 Å². The van der Waals surface area contributed by atoms with Crippen LogP contribution in [0.25, 0.3) is 10.2 Å². The molecule has 2 amide bonds. The predicted octanol–water partition coefficient (Wildman–Crippen LogP) is 3.86. The first kappa shape index (κ1) is 16.8. The van der Waals surface area contributed by atoms with Gasteiger partial charge in [0.25, 0.3) is 0 Å². The summed E-state index contributed by atoms with van der Waals surface area (Å²) in [6, 6.07) is 12.1. The fourth-order valence-corrected chi connectivity index (χ4v) is 4.21. The number of imide groups is 1. The maximum Gasteiger partial charge on any atom is 0.233 e. The Morgan fingerprint density at radius 3 is 2.73 bits per heavy atom. The van der Waals surface area contributed by atoms with E-state index in [4.69, 9.17) is 0 Å². The molecule has 0 bridgehead atoms. The number of hydrogen-bond acceptors (Lipinski definition) is 4. The van der Waals surface area contributed by atoms with E-state index in [1.165, 1.54) is 28.4 Å². The minimum absolute atomic E-state index is 0.169. The summed E-state index contributed by atoms with van der Waals surface area (Å²) in [7, 11) is 0. The molecule has 4 nitrogen and oxygen atoms in total. The summed E-state index contributed by atoms with van der Waals surface area (Å²) in [6.07, 6.45) is 0.639. The van der Waals surface area contributed by atoms with Gasteiger partial charge >= 0.3 is 0 Å². The standard InChI is InChI=1S/C20H17FN2O2S/c1-12-2-7-17-16(8-12)22-18(26-17)11-23-19(24)10-14(20(23)25)9-13-3-5-15(21)6-4-13/h2-8,14H,9-11H2,1H3. The molecular weight excluding hydrogens is 351 g/mol. The van der Waals surface area contributed by atoms with Gasteiger partial charge in [-0.15, -0.1) is 11.3 Å². The first-order valence-electron chi connectivity index (χ1n) is 8.44. The lowest BCUT2D eigenvalue weighted by atomic mass is 9.98. The number of aryl methyl sites for hydroxylation is 1. The first-order valence-corrected chi connectivity index (χ1v) is 9.26. The van der Waals surface area contributed by atoms with Crippen molar-refractivity contribution in [2.75, 3.05) is 0 Å². The molecular formula is C20H17FN2O2S. The number of aromatic nitrogens is 1. The Labute approximate surface area is 154 Å². The molecule has 2 aromatic carbocycles. The second-order valence-electron chi connectivity index (χ2n) is 6.63. The Morgan fingerprint density at radius 1 is 1.19 bits per heavy atom. The fraction of sp³-hybridized carbons (Fsp3) is 0.250. The monoisotopic (exact) mass is 368 g/mol. The van der Waals surface area contributed by atoms with E-state index in [0.29, 0.717) is 6.42 Å². The van der Waals surface area contributed by atoms with Crippen LogP contribution in [0, 0.1) is 18.7 Å². The molecule has 1 aliphatic rings. The van der Waals surface area contributed by atoms with Crippen LogP contribution in [-0.4, -0.2) is 21.7 Å². The summed E-state index contributed by atoms with van der Waals surface area (Å²) < 4.78 is 14.1. The number of benzene rings is 2. The molecule has 0 spiro atoms. The van der Waals surface area contributed by atoms with Crippen molar-refractivity contribution in [1.82, 2.24) is 9.88 Å². The van der Waals surface area contributed by atoms with E-state index in [-0.39, 0.29) is 36.5 Å². The third kappa shape index (κ3) is 3.24. The largest absolute Gasteiger partial charge is 0.275 e. The number of fused-ring (bicyclic) bond motifs is 1. The fourth-order valence-electron chi connectivity index (χ4n) is 3.27. The molecule has 0 radical (unpaired) electrons. The molecule has 0 N–H and O–H groups in total. The predicted molar refractivity (Wildman–Crippen MR) is 98.1 cm³/mol. The van der Waals surface area contributed by atoms with Crippen LogP contribution in [-0.2, 0) is 22.6 Å². The zero-order valence-electron chi connectivity index (χ0n) is 14.2. The molecule has 1 saturated heterocycles. The van der Waals surface area contributed by atoms with E-state index >= 15 is 0 Å². The normalized spacial score (nSPS) is 17.5. The Hall–Kier alpha value is -2.60. The third-order valence-electron chi connectivity index (χ3n) is 4.61. The number of hydrogen-bond donors (Lipinski definition) is 0. The molecule has 0 aliphatic carbocycles. The van der Waals surface area contributed by atoms with Crippen molar-refractivity contribution in [3.63, 3.8) is 0 Å². The summed E-state index contributed by atoms with van der Waals surface area (Å²) in [5, 5.41) is 0.759. The summed E-state index contributed by atoms with van der Waals surface area (Å²) in [4.78, 5) is 30.9. The lowest BCUT2D eigenvalue weighted by Gasteiger charge is -2.13. The number of carbonyl (C=O) groups is 2. The Bertz CT molecular complexity index is 997. The Morgan fingerprint density at radius 2 is 1.96 bits per heavy atom. The van der Waals surface area contributed by atoms with E-state index in [9.17, 15) is 14.0 Å². The quantitative estimate of drug-likeness (QED) is 0.657. The summed E-state index contributed by atoms with van der Waals surface area (Å²) in [5.41, 5.74) is 2.88. The third-order valence-corrected chi connectivity index (χ3v) is 5.63. The average Bonchev–Trinajstić information content (AvgIpc) is 3.12. The van der Waals surface area contributed by atoms with Crippen molar-refractivity contribution in [3.05, 3.63) is 64.4 Å². The van der Waals surface area contributed by atoms with Crippen LogP contribution in [0.3, 0.4) is 0 Å². The maximum absolute atomic E-state index is 13.0. The number of amides is 2. The highest BCUT2D eigenvalue weighted by atomic mass is 32.1. The average molecular weight is 368 g/mol. The van der Waals surface area contributed by atoms with E-state index in [2.05, 4.69) is 4.98 Å². The van der Waals surface area contributed by atoms with Crippen molar-refractivity contribution in [2.24, 2.45) is 5.92 Å². The minimum Gasteiger partial charge on any atom is -0.275 e. The van der Waals surface area contributed by atoms with Gasteiger partial charge < -0.3 is 0 Å². The van der Waals surface area contributed by atoms with Crippen molar-refractivity contribution in [3.8, 4) is 0 Å². The van der Waals surface area contributed by atoms with Crippen LogP contribution in [0.4, 0.5) is 4.39 Å². The molecule has 132 valence electrons. The zero-order chi connectivity index (χ0) is 18.3. The lowest BCUT2D eigenvalue weighted by Crippen LogP contribution is -2.30. The molecule has 0 saturated carbocycles. The maximum atomic E-state index is 13.0. The Balaban J connectivity index is 1.50. The summed E-state index contributed by atoms with van der Waals surface area (Å²) in [6.45, 7) is 2.22. The van der Waals surface area contributed by atoms with Crippen LogP contribution < -0.4 is 0 Å². The van der Waals surface area contributed by atoms with E-state index in [1.807, 2.05) is 25.1 Å². The number of nitrogens with zero attached hydrogens (tertiary/aromatic N) is 2. The van der Waals surface area contributed by atoms with Crippen molar-refractivity contribution >= 4 is 33.4 Å². The molecule has 1 aliphatic heterocycles. The van der Waals surface area contributed by atoms with Crippen molar-refractivity contribution in [2.45, 2.75) is 26.3 Å². The summed E-state index contributed by atoms with van der Waals surface area (Å²) >= 11 is 1.50. The van der Waals surface area contributed by atoms with Crippen LogP contribution in [0.2, 0.25) is 0 Å². The molecule has 1 fully saturated rings. The van der Waals surface area contributed by atoms with Gasteiger partial charge in [0, 0.05) is 6.42 Å². The van der Waals surface area contributed by atoms with Crippen LogP contribution in [0.5, 0.6) is 0 Å². The highest BCUT2D eigenvalue weighted by Gasteiger charge is 2.38.